The Bertz CT molecular complexity index is 586. The number of nitrogens with one attached hydrogen (secondary N) is 1. The Kier molecular flexibility index (Phi) is 4.52. The van der Waals surface area contributed by atoms with Gasteiger partial charge in [0.1, 0.15) is 5.75 Å². The van der Waals surface area contributed by atoms with Crippen molar-refractivity contribution in [1.29, 1.82) is 0 Å². The lowest BCUT2D eigenvalue weighted by atomic mass is 10.2. The second-order valence-corrected chi connectivity index (χ2v) is 4.14. The highest BCUT2D eigenvalue weighted by Gasteiger charge is 2.31. The molecule has 0 saturated heterocycles. The number of anilines is 1. The Morgan fingerprint density at radius 2 is 2.00 bits per heavy atom. The van der Waals surface area contributed by atoms with Crippen molar-refractivity contribution in [2.45, 2.75) is 12.9 Å². The van der Waals surface area contributed by atoms with Crippen molar-refractivity contribution in [3.05, 3.63) is 48.2 Å². The maximum Gasteiger partial charge on any atom is 0.573 e. The summed E-state index contributed by atoms with van der Waals surface area (Å²) in [5.41, 5.74) is 1.39. The first kappa shape index (κ1) is 15.0. The van der Waals surface area contributed by atoms with Crippen LogP contribution < -0.4 is 14.8 Å². The summed E-state index contributed by atoms with van der Waals surface area (Å²) in [5, 5.41) is 3.00. The van der Waals surface area contributed by atoms with Crippen LogP contribution in [0.4, 0.5) is 18.9 Å². The molecule has 1 heterocycles. The molecule has 0 aliphatic heterocycles. The number of rotatable bonds is 5. The van der Waals surface area contributed by atoms with E-state index in [0.717, 1.165) is 5.56 Å². The molecule has 0 bridgehead atoms. The minimum absolute atomic E-state index is 0.264. The molecule has 0 saturated carbocycles. The Balaban J connectivity index is 1.97. The average Bonchev–Trinajstić information content (AvgIpc) is 2.44. The molecule has 0 spiro atoms. The second kappa shape index (κ2) is 6.34. The summed E-state index contributed by atoms with van der Waals surface area (Å²) in [6.07, 6.45) is -3.07. The number of methoxy groups -OCH3 is 1. The van der Waals surface area contributed by atoms with Crippen LogP contribution >= 0.6 is 0 Å². The predicted octanol–water partition coefficient (Wildman–Crippen LogP) is 3.60. The van der Waals surface area contributed by atoms with Crippen LogP contribution in [0.5, 0.6) is 11.6 Å². The zero-order chi connectivity index (χ0) is 15.3. The lowest BCUT2D eigenvalue weighted by molar-refractivity contribution is -0.274. The molecule has 112 valence electrons. The monoisotopic (exact) mass is 298 g/mol. The molecule has 0 radical (unpaired) electrons. The number of alkyl halides is 3. The van der Waals surface area contributed by atoms with Crippen molar-refractivity contribution >= 4 is 5.69 Å². The van der Waals surface area contributed by atoms with Crippen LogP contribution in [-0.2, 0) is 6.54 Å². The van der Waals surface area contributed by atoms with Gasteiger partial charge in [-0.05, 0) is 17.7 Å². The van der Waals surface area contributed by atoms with Crippen molar-refractivity contribution in [3.63, 3.8) is 0 Å². The van der Waals surface area contributed by atoms with Gasteiger partial charge >= 0.3 is 6.36 Å². The molecule has 2 rings (SSSR count). The lowest BCUT2D eigenvalue weighted by Gasteiger charge is -2.11. The van der Waals surface area contributed by atoms with Gasteiger partial charge in [-0.15, -0.1) is 13.2 Å². The summed E-state index contributed by atoms with van der Waals surface area (Å²) in [7, 11) is 1.52. The largest absolute Gasteiger partial charge is 0.573 e. The van der Waals surface area contributed by atoms with Crippen LogP contribution in [0.25, 0.3) is 0 Å². The quantitative estimate of drug-likeness (QED) is 0.916. The number of aromatic nitrogens is 1. The van der Waals surface area contributed by atoms with E-state index in [9.17, 15) is 13.2 Å². The van der Waals surface area contributed by atoms with E-state index in [1.165, 1.54) is 25.3 Å². The third-order valence-corrected chi connectivity index (χ3v) is 2.57. The third-order valence-electron chi connectivity index (χ3n) is 2.57. The number of halogens is 3. The summed E-state index contributed by atoms with van der Waals surface area (Å²) in [4.78, 5) is 4.04. The summed E-state index contributed by atoms with van der Waals surface area (Å²) < 4.78 is 45.2. The fourth-order valence-electron chi connectivity index (χ4n) is 1.64. The molecule has 4 nitrogen and oxygen atoms in total. The van der Waals surface area contributed by atoms with Gasteiger partial charge in [0.2, 0.25) is 5.88 Å². The normalized spacial score (nSPS) is 11.0. The molecule has 2 aromatic rings. The van der Waals surface area contributed by atoms with Gasteiger partial charge in [0, 0.05) is 30.6 Å². The number of pyridine rings is 1. The Morgan fingerprint density at radius 3 is 2.62 bits per heavy atom. The molecular formula is C14H13F3N2O2. The van der Waals surface area contributed by atoms with Gasteiger partial charge in [-0.3, -0.25) is 0 Å². The highest BCUT2D eigenvalue weighted by molar-refractivity contribution is 5.48. The minimum Gasteiger partial charge on any atom is -0.481 e. The number of benzene rings is 1. The summed E-state index contributed by atoms with van der Waals surface area (Å²) in [5.74, 6) is 0.236. The molecule has 1 aromatic heterocycles. The van der Waals surface area contributed by atoms with Crippen LogP contribution in [-0.4, -0.2) is 18.5 Å². The van der Waals surface area contributed by atoms with Crippen molar-refractivity contribution < 1.29 is 22.6 Å². The van der Waals surface area contributed by atoms with Gasteiger partial charge in [-0.1, -0.05) is 12.1 Å². The molecule has 1 aromatic carbocycles. The molecule has 7 heteroatoms. The van der Waals surface area contributed by atoms with E-state index >= 15 is 0 Å². The van der Waals surface area contributed by atoms with E-state index in [-0.39, 0.29) is 5.75 Å². The van der Waals surface area contributed by atoms with Gasteiger partial charge in [0.05, 0.1) is 7.11 Å². The van der Waals surface area contributed by atoms with Gasteiger partial charge in [-0.25, -0.2) is 4.98 Å². The smallest absolute Gasteiger partial charge is 0.481 e. The minimum atomic E-state index is -4.70. The van der Waals surface area contributed by atoms with Crippen LogP contribution in [0, 0.1) is 0 Å². The molecule has 0 unspecified atom stereocenters. The van der Waals surface area contributed by atoms with E-state index in [1.807, 2.05) is 6.07 Å². The predicted molar refractivity (Wildman–Crippen MR) is 71.2 cm³/mol. The second-order valence-electron chi connectivity index (χ2n) is 4.14. The Hall–Kier alpha value is -2.44. The average molecular weight is 298 g/mol. The number of ether oxygens (including phenoxy) is 2. The maximum absolute atomic E-state index is 12.1. The van der Waals surface area contributed by atoms with Crippen LogP contribution in [0.2, 0.25) is 0 Å². The van der Waals surface area contributed by atoms with E-state index in [4.69, 9.17) is 4.74 Å². The Labute approximate surface area is 119 Å². The number of nitrogens with zero attached hydrogens (tertiary/aromatic N) is 1. The van der Waals surface area contributed by atoms with Gasteiger partial charge in [-0.2, -0.15) is 0 Å². The van der Waals surface area contributed by atoms with Crippen LogP contribution in [0.1, 0.15) is 5.56 Å². The molecule has 0 atom stereocenters. The van der Waals surface area contributed by atoms with E-state index in [2.05, 4.69) is 15.0 Å². The van der Waals surface area contributed by atoms with Crippen molar-refractivity contribution in [1.82, 2.24) is 4.98 Å². The van der Waals surface area contributed by atoms with Gasteiger partial charge in [0.15, 0.2) is 0 Å². The van der Waals surface area contributed by atoms with E-state index < -0.39 is 6.36 Å². The standard InChI is InChI=1S/C14H13F3N2O2/c1-20-13-6-5-10(9-19-13)8-18-11-3-2-4-12(7-11)21-14(15,16)17/h2-7,9,18H,8H2,1H3. The molecule has 1 N–H and O–H groups in total. The topological polar surface area (TPSA) is 43.4 Å². The fourth-order valence-corrected chi connectivity index (χ4v) is 1.64. The first-order valence-corrected chi connectivity index (χ1v) is 6.05. The molecule has 0 aliphatic rings. The van der Waals surface area contributed by atoms with Crippen molar-refractivity contribution in [2.24, 2.45) is 0 Å². The fraction of sp³-hybridized carbons (Fsp3) is 0.214. The van der Waals surface area contributed by atoms with Crippen LogP contribution in [0.15, 0.2) is 42.6 Å². The number of hydrogen-bond donors (Lipinski definition) is 1. The summed E-state index contributed by atoms with van der Waals surface area (Å²) >= 11 is 0. The summed E-state index contributed by atoms with van der Waals surface area (Å²) in [6, 6.07) is 9.18. The third kappa shape index (κ3) is 4.87. The van der Waals surface area contributed by atoms with Gasteiger partial charge < -0.3 is 14.8 Å². The maximum atomic E-state index is 12.1. The molecule has 21 heavy (non-hydrogen) atoms. The highest BCUT2D eigenvalue weighted by atomic mass is 19.4. The van der Waals surface area contributed by atoms with E-state index in [0.29, 0.717) is 18.1 Å². The highest BCUT2D eigenvalue weighted by Crippen LogP contribution is 2.25. The summed E-state index contributed by atoms with van der Waals surface area (Å²) in [6.45, 7) is 0.423. The molecule has 0 fully saturated rings. The first-order valence-electron chi connectivity index (χ1n) is 6.05. The van der Waals surface area contributed by atoms with Gasteiger partial charge in [0.25, 0.3) is 0 Å². The van der Waals surface area contributed by atoms with E-state index in [1.54, 1.807) is 18.3 Å². The molecule has 0 aliphatic carbocycles. The Morgan fingerprint density at radius 1 is 1.19 bits per heavy atom. The zero-order valence-electron chi connectivity index (χ0n) is 11.1. The van der Waals surface area contributed by atoms with Crippen molar-refractivity contribution in [3.8, 4) is 11.6 Å². The van der Waals surface area contributed by atoms with Crippen molar-refractivity contribution in [2.75, 3.05) is 12.4 Å². The van der Waals surface area contributed by atoms with Crippen LogP contribution in [0.3, 0.4) is 0 Å². The SMILES string of the molecule is COc1ccc(CNc2cccc(OC(F)(F)F)c2)cn1. The number of hydrogen-bond acceptors (Lipinski definition) is 4. The zero-order valence-corrected chi connectivity index (χ0v) is 11.1. The lowest BCUT2D eigenvalue weighted by Crippen LogP contribution is -2.17. The molecular weight excluding hydrogens is 285 g/mol. The first-order chi connectivity index (χ1) is 9.96. The molecule has 0 amide bonds.